The van der Waals surface area contributed by atoms with E-state index in [1.54, 1.807) is 0 Å². The molecule has 0 aliphatic carbocycles. The second kappa shape index (κ2) is 6.65. The van der Waals surface area contributed by atoms with Crippen LogP contribution >= 0.6 is 0 Å². The van der Waals surface area contributed by atoms with Gasteiger partial charge in [0.25, 0.3) is 0 Å². The Morgan fingerprint density at radius 2 is 0.950 bits per heavy atom. The summed E-state index contributed by atoms with van der Waals surface area (Å²) >= 11 is 0. The Morgan fingerprint density at radius 1 is 0.750 bits per heavy atom. The van der Waals surface area contributed by atoms with Crippen molar-refractivity contribution in [2.24, 2.45) is 0 Å². The smallest absolute Gasteiger partial charge is 0.355 e. The highest BCUT2D eigenvalue weighted by Crippen LogP contribution is 2.22. The van der Waals surface area contributed by atoms with Crippen LogP contribution in [0.2, 0.25) is 0 Å². The maximum Gasteiger partial charge on any atom is 0.605 e. The minimum Gasteiger partial charge on any atom is -0.355 e. The van der Waals surface area contributed by atoms with Gasteiger partial charge in [0, 0.05) is 16.7 Å². The molecular formula is C13H15FO6. The zero-order chi connectivity index (χ0) is 16.1. The minimum absolute atomic E-state index is 0.190. The molecule has 0 amide bonds. The van der Waals surface area contributed by atoms with Crippen LogP contribution in [0.15, 0.2) is 36.5 Å². The van der Waals surface area contributed by atoms with Crippen LogP contribution in [0, 0.1) is 0 Å². The molecule has 0 aromatic carbocycles. The van der Waals surface area contributed by atoms with Gasteiger partial charge in [-0.1, -0.05) is 19.7 Å². The first kappa shape index (κ1) is 17.6. The molecule has 0 aromatic heterocycles. The van der Waals surface area contributed by atoms with E-state index in [-0.39, 0.29) is 16.7 Å². The third kappa shape index (κ3) is 5.47. The predicted octanol–water partition coefficient (Wildman–Crippen LogP) is 1.93. The van der Waals surface area contributed by atoms with E-state index in [1.165, 1.54) is 20.8 Å². The lowest BCUT2D eigenvalue weighted by Gasteiger charge is -2.22. The highest BCUT2D eigenvalue weighted by atomic mass is 19.2. The fourth-order valence-corrected chi connectivity index (χ4v) is 0.656. The molecule has 0 bridgehead atoms. The van der Waals surface area contributed by atoms with E-state index in [9.17, 15) is 18.8 Å². The van der Waals surface area contributed by atoms with Gasteiger partial charge in [-0.05, 0) is 20.8 Å². The summed E-state index contributed by atoms with van der Waals surface area (Å²) in [7, 11) is 0. The van der Waals surface area contributed by atoms with Crippen LogP contribution in [-0.4, -0.2) is 24.1 Å². The van der Waals surface area contributed by atoms with Crippen LogP contribution in [0.25, 0.3) is 0 Å². The summed E-state index contributed by atoms with van der Waals surface area (Å²) in [6.07, 6.45) is -3.72. The molecule has 0 saturated heterocycles. The van der Waals surface area contributed by atoms with Crippen LogP contribution in [0.3, 0.4) is 0 Å². The molecule has 110 valence electrons. The lowest BCUT2D eigenvalue weighted by atomic mass is 10.3. The van der Waals surface area contributed by atoms with Gasteiger partial charge in [0.05, 0.1) is 0 Å². The van der Waals surface area contributed by atoms with Gasteiger partial charge >= 0.3 is 24.1 Å². The van der Waals surface area contributed by atoms with E-state index < -0.39 is 24.1 Å². The Balaban J connectivity index is 5.21. The molecule has 0 unspecified atom stereocenters. The summed E-state index contributed by atoms with van der Waals surface area (Å²) in [5.74, 6) is -3.76. The molecule has 0 fully saturated rings. The summed E-state index contributed by atoms with van der Waals surface area (Å²) in [5.41, 5.74) is -0.570. The summed E-state index contributed by atoms with van der Waals surface area (Å²) in [4.78, 5) is 33.8. The van der Waals surface area contributed by atoms with Gasteiger partial charge in [0.2, 0.25) is 0 Å². The molecule has 20 heavy (non-hydrogen) atoms. The molecular weight excluding hydrogens is 271 g/mol. The molecule has 0 spiro atoms. The standard InChI is InChI=1S/C13H15FO6/c1-7(2)10(15)18-13(14,19-11(16)8(3)4)20-12(17)9(5)6/h1,3,5H2,2,4,6H3. The average molecular weight is 286 g/mol. The van der Waals surface area contributed by atoms with Gasteiger partial charge in [-0.25, -0.2) is 14.4 Å². The number of halogens is 1. The fraction of sp³-hybridized carbons (Fsp3) is 0.308. The molecule has 0 aromatic rings. The topological polar surface area (TPSA) is 78.9 Å². The number of hydrogen-bond acceptors (Lipinski definition) is 6. The quantitative estimate of drug-likeness (QED) is 0.421. The Kier molecular flexibility index (Phi) is 5.84. The minimum atomic E-state index is -3.72. The van der Waals surface area contributed by atoms with Crippen molar-refractivity contribution in [1.29, 1.82) is 0 Å². The van der Waals surface area contributed by atoms with Gasteiger partial charge in [-0.3, -0.25) is 0 Å². The summed E-state index contributed by atoms with van der Waals surface area (Å²) in [6, 6.07) is 0. The molecule has 0 atom stereocenters. The van der Waals surface area contributed by atoms with Crippen molar-refractivity contribution in [2.75, 3.05) is 0 Å². The van der Waals surface area contributed by atoms with Crippen molar-refractivity contribution in [2.45, 2.75) is 27.0 Å². The lowest BCUT2D eigenvalue weighted by molar-refractivity contribution is -0.392. The van der Waals surface area contributed by atoms with Crippen LogP contribution in [-0.2, 0) is 28.6 Å². The molecule has 6 nitrogen and oxygen atoms in total. The van der Waals surface area contributed by atoms with E-state index >= 15 is 0 Å². The Labute approximate surface area is 115 Å². The van der Waals surface area contributed by atoms with Crippen molar-refractivity contribution in [3.63, 3.8) is 0 Å². The SMILES string of the molecule is C=C(C)C(=O)OC(F)(OC(=O)C(=C)C)OC(=O)C(=C)C. The number of rotatable bonds is 6. The third-order valence-electron chi connectivity index (χ3n) is 1.69. The van der Waals surface area contributed by atoms with Crippen molar-refractivity contribution in [1.82, 2.24) is 0 Å². The predicted molar refractivity (Wildman–Crippen MR) is 66.6 cm³/mol. The van der Waals surface area contributed by atoms with Crippen molar-refractivity contribution >= 4 is 17.9 Å². The van der Waals surface area contributed by atoms with Crippen LogP contribution in [0.5, 0.6) is 0 Å². The number of hydrogen-bond donors (Lipinski definition) is 0. The zero-order valence-corrected chi connectivity index (χ0v) is 11.4. The molecule has 7 heteroatoms. The molecule has 0 aliphatic rings. The Hall–Kier alpha value is -2.44. The monoisotopic (exact) mass is 286 g/mol. The van der Waals surface area contributed by atoms with Crippen molar-refractivity contribution in [3.05, 3.63) is 36.5 Å². The highest BCUT2D eigenvalue weighted by molar-refractivity contribution is 5.90. The van der Waals surface area contributed by atoms with Gasteiger partial charge in [0.15, 0.2) is 0 Å². The number of ether oxygens (including phenoxy) is 3. The lowest BCUT2D eigenvalue weighted by Crippen LogP contribution is -2.41. The van der Waals surface area contributed by atoms with E-state index in [4.69, 9.17) is 0 Å². The average Bonchev–Trinajstić information content (AvgIpc) is 2.27. The molecule has 0 radical (unpaired) electrons. The number of alkyl halides is 1. The van der Waals surface area contributed by atoms with E-state index in [1.807, 2.05) is 0 Å². The first-order valence-corrected chi connectivity index (χ1v) is 5.34. The van der Waals surface area contributed by atoms with E-state index in [0.29, 0.717) is 0 Å². The Morgan fingerprint density at radius 3 is 1.10 bits per heavy atom. The highest BCUT2D eigenvalue weighted by Gasteiger charge is 2.45. The largest absolute Gasteiger partial charge is 0.605 e. The normalized spacial score (nSPS) is 10.2. The fourth-order valence-electron chi connectivity index (χ4n) is 0.656. The van der Waals surface area contributed by atoms with Gasteiger partial charge in [-0.15, -0.1) is 4.39 Å². The number of carbonyl (C=O) groups excluding carboxylic acids is 3. The van der Waals surface area contributed by atoms with Gasteiger partial charge in [-0.2, -0.15) is 0 Å². The van der Waals surface area contributed by atoms with Crippen molar-refractivity contribution in [3.8, 4) is 0 Å². The summed E-state index contributed by atoms with van der Waals surface area (Å²) in [6.45, 7) is 13.3. The second-order valence-electron chi connectivity index (χ2n) is 3.99. The van der Waals surface area contributed by atoms with E-state index in [2.05, 4.69) is 33.9 Å². The molecule has 0 N–H and O–H groups in total. The maximum atomic E-state index is 14.2. The second-order valence-corrected chi connectivity index (χ2v) is 3.99. The molecule has 0 aliphatic heterocycles. The third-order valence-corrected chi connectivity index (χ3v) is 1.69. The van der Waals surface area contributed by atoms with Crippen LogP contribution < -0.4 is 0 Å². The number of esters is 3. The van der Waals surface area contributed by atoms with Gasteiger partial charge in [0.1, 0.15) is 0 Å². The van der Waals surface area contributed by atoms with Gasteiger partial charge < -0.3 is 14.2 Å². The maximum absolute atomic E-state index is 14.2. The number of carbonyl (C=O) groups is 3. The molecule has 0 saturated carbocycles. The van der Waals surface area contributed by atoms with Crippen LogP contribution in [0.4, 0.5) is 4.39 Å². The van der Waals surface area contributed by atoms with Crippen LogP contribution in [0.1, 0.15) is 20.8 Å². The first-order valence-electron chi connectivity index (χ1n) is 5.34. The Bertz CT molecular complexity index is 422. The summed E-state index contributed by atoms with van der Waals surface area (Å²) in [5, 5.41) is 0. The molecule has 0 rings (SSSR count). The zero-order valence-electron chi connectivity index (χ0n) is 11.4. The summed E-state index contributed by atoms with van der Waals surface area (Å²) < 4.78 is 26.7. The van der Waals surface area contributed by atoms with Crippen molar-refractivity contribution < 1.29 is 33.0 Å². The first-order chi connectivity index (χ1) is 8.98. The molecule has 0 heterocycles. The van der Waals surface area contributed by atoms with E-state index in [0.717, 1.165) is 0 Å².